The first-order valence-corrected chi connectivity index (χ1v) is 4.97. The lowest BCUT2D eigenvalue weighted by Crippen LogP contribution is -2.15. The molecule has 0 bridgehead atoms. The van der Waals surface area contributed by atoms with Crippen LogP contribution in [0.25, 0.3) is 0 Å². The van der Waals surface area contributed by atoms with Crippen LogP contribution in [0.4, 0.5) is 5.69 Å². The van der Waals surface area contributed by atoms with Crippen molar-refractivity contribution in [1.82, 2.24) is 15.0 Å². The number of anilines is 1. The van der Waals surface area contributed by atoms with Gasteiger partial charge >= 0.3 is 0 Å². The first kappa shape index (κ1) is 10.5. The Morgan fingerprint density at radius 1 is 1.19 bits per heavy atom. The zero-order valence-corrected chi connectivity index (χ0v) is 8.74. The van der Waals surface area contributed by atoms with Crippen LogP contribution in [0.1, 0.15) is 17.3 Å². The van der Waals surface area contributed by atoms with Crippen molar-refractivity contribution in [2.45, 2.75) is 12.5 Å². The van der Waals surface area contributed by atoms with Crippen LogP contribution in [-0.4, -0.2) is 15.0 Å². The SMILES string of the molecule is Nc1ccncc1CC(N)c1ccncn1. The number of hydrogen-bond acceptors (Lipinski definition) is 5. The van der Waals surface area contributed by atoms with Crippen LogP contribution in [0.5, 0.6) is 0 Å². The Labute approximate surface area is 93.6 Å². The van der Waals surface area contributed by atoms with E-state index in [1.165, 1.54) is 6.33 Å². The van der Waals surface area contributed by atoms with Gasteiger partial charge in [0.1, 0.15) is 6.33 Å². The molecule has 0 radical (unpaired) electrons. The third-order valence-corrected chi connectivity index (χ3v) is 2.37. The minimum Gasteiger partial charge on any atom is -0.398 e. The number of nitrogens with two attached hydrogens (primary N) is 2. The molecule has 16 heavy (non-hydrogen) atoms. The van der Waals surface area contributed by atoms with E-state index >= 15 is 0 Å². The summed E-state index contributed by atoms with van der Waals surface area (Å²) in [6.45, 7) is 0. The zero-order chi connectivity index (χ0) is 11.4. The highest BCUT2D eigenvalue weighted by atomic mass is 14.8. The molecule has 0 aliphatic rings. The number of rotatable bonds is 3. The highest BCUT2D eigenvalue weighted by Gasteiger charge is 2.09. The molecule has 1 atom stereocenters. The predicted octanol–water partition coefficient (Wildman–Crippen LogP) is 0.696. The summed E-state index contributed by atoms with van der Waals surface area (Å²) in [5.41, 5.74) is 14.3. The molecule has 5 heteroatoms. The molecule has 0 aliphatic heterocycles. The predicted molar refractivity (Wildman–Crippen MR) is 61.3 cm³/mol. The van der Waals surface area contributed by atoms with Gasteiger partial charge in [-0.2, -0.15) is 0 Å². The van der Waals surface area contributed by atoms with Crippen LogP contribution < -0.4 is 11.5 Å². The summed E-state index contributed by atoms with van der Waals surface area (Å²) in [7, 11) is 0. The Kier molecular flexibility index (Phi) is 3.07. The molecule has 2 aromatic heterocycles. The van der Waals surface area contributed by atoms with E-state index < -0.39 is 0 Å². The lowest BCUT2D eigenvalue weighted by atomic mass is 10.0. The van der Waals surface area contributed by atoms with Crippen molar-refractivity contribution in [2.24, 2.45) is 5.73 Å². The molecule has 0 aromatic carbocycles. The summed E-state index contributed by atoms with van der Waals surface area (Å²) in [5, 5.41) is 0. The average Bonchev–Trinajstić information content (AvgIpc) is 2.33. The molecule has 82 valence electrons. The van der Waals surface area contributed by atoms with Crippen LogP contribution in [0.3, 0.4) is 0 Å². The normalized spacial score (nSPS) is 12.3. The molecule has 2 aromatic rings. The monoisotopic (exact) mass is 215 g/mol. The second kappa shape index (κ2) is 4.67. The number of hydrogen-bond donors (Lipinski definition) is 2. The first-order valence-electron chi connectivity index (χ1n) is 4.97. The van der Waals surface area contributed by atoms with Gasteiger partial charge in [0.15, 0.2) is 0 Å². The van der Waals surface area contributed by atoms with Crippen LogP contribution in [0.2, 0.25) is 0 Å². The minimum absolute atomic E-state index is 0.186. The third kappa shape index (κ3) is 2.32. The van der Waals surface area contributed by atoms with E-state index in [9.17, 15) is 0 Å². The fraction of sp³-hybridized carbons (Fsp3) is 0.182. The van der Waals surface area contributed by atoms with Crippen molar-refractivity contribution in [3.8, 4) is 0 Å². The Balaban J connectivity index is 2.14. The number of nitrogens with zero attached hydrogens (tertiary/aromatic N) is 3. The van der Waals surface area contributed by atoms with Crippen molar-refractivity contribution < 1.29 is 0 Å². The van der Waals surface area contributed by atoms with Crippen LogP contribution in [0.15, 0.2) is 37.1 Å². The van der Waals surface area contributed by atoms with E-state index in [-0.39, 0.29) is 6.04 Å². The molecule has 1 unspecified atom stereocenters. The van der Waals surface area contributed by atoms with E-state index in [0.717, 1.165) is 11.3 Å². The maximum atomic E-state index is 6.02. The Morgan fingerprint density at radius 2 is 2.00 bits per heavy atom. The summed E-state index contributed by atoms with van der Waals surface area (Å²) in [4.78, 5) is 12.0. The second-order valence-corrected chi connectivity index (χ2v) is 3.52. The van der Waals surface area contributed by atoms with E-state index in [2.05, 4.69) is 15.0 Å². The van der Waals surface area contributed by atoms with Crippen molar-refractivity contribution in [3.05, 3.63) is 48.3 Å². The lowest BCUT2D eigenvalue weighted by molar-refractivity contribution is 0.692. The third-order valence-electron chi connectivity index (χ3n) is 2.37. The van der Waals surface area contributed by atoms with E-state index in [1.54, 1.807) is 30.7 Å². The van der Waals surface area contributed by atoms with Gasteiger partial charge in [0.2, 0.25) is 0 Å². The maximum Gasteiger partial charge on any atom is 0.115 e. The summed E-state index contributed by atoms with van der Waals surface area (Å²) in [6, 6.07) is 3.38. The number of nitrogen functional groups attached to an aromatic ring is 1. The topological polar surface area (TPSA) is 90.7 Å². The van der Waals surface area contributed by atoms with Crippen molar-refractivity contribution >= 4 is 5.69 Å². The Bertz CT molecular complexity index is 457. The molecular formula is C11H13N5. The fourth-order valence-corrected chi connectivity index (χ4v) is 1.47. The fourth-order valence-electron chi connectivity index (χ4n) is 1.47. The molecule has 0 fully saturated rings. The highest BCUT2D eigenvalue weighted by molar-refractivity contribution is 5.44. The summed E-state index contributed by atoms with van der Waals surface area (Å²) in [5.74, 6) is 0. The van der Waals surface area contributed by atoms with E-state index in [0.29, 0.717) is 12.1 Å². The van der Waals surface area contributed by atoms with Crippen LogP contribution >= 0.6 is 0 Å². The summed E-state index contributed by atoms with van der Waals surface area (Å²) < 4.78 is 0. The van der Waals surface area contributed by atoms with Gasteiger partial charge in [-0.1, -0.05) is 0 Å². The van der Waals surface area contributed by atoms with Crippen molar-refractivity contribution in [3.63, 3.8) is 0 Å². The highest BCUT2D eigenvalue weighted by Crippen LogP contribution is 2.17. The van der Waals surface area contributed by atoms with Gasteiger partial charge in [-0.05, 0) is 24.1 Å². The van der Waals surface area contributed by atoms with Gasteiger partial charge in [-0.25, -0.2) is 9.97 Å². The van der Waals surface area contributed by atoms with Crippen LogP contribution in [0, 0.1) is 0 Å². The number of aromatic nitrogens is 3. The molecule has 2 heterocycles. The molecule has 0 aliphatic carbocycles. The number of pyridine rings is 1. The molecule has 5 nitrogen and oxygen atoms in total. The van der Waals surface area contributed by atoms with E-state index in [1.807, 2.05) is 0 Å². The smallest absolute Gasteiger partial charge is 0.115 e. The second-order valence-electron chi connectivity index (χ2n) is 3.52. The molecule has 0 saturated carbocycles. The molecule has 0 saturated heterocycles. The Hall–Kier alpha value is -2.01. The van der Waals surface area contributed by atoms with E-state index in [4.69, 9.17) is 11.5 Å². The largest absolute Gasteiger partial charge is 0.398 e. The van der Waals surface area contributed by atoms with Crippen molar-refractivity contribution in [1.29, 1.82) is 0 Å². The standard InChI is InChI=1S/C11H13N5/c12-9-1-3-14-6-8(9)5-10(13)11-2-4-15-7-16-11/h1-4,6-7,10H,5,13H2,(H2,12,14). The van der Waals surface area contributed by atoms with Gasteiger partial charge < -0.3 is 11.5 Å². The molecular weight excluding hydrogens is 202 g/mol. The average molecular weight is 215 g/mol. The zero-order valence-electron chi connectivity index (χ0n) is 8.74. The lowest BCUT2D eigenvalue weighted by Gasteiger charge is -2.11. The van der Waals surface area contributed by atoms with Crippen LogP contribution in [-0.2, 0) is 6.42 Å². The maximum absolute atomic E-state index is 6.02. The van der Waals surface area contributed by atoms with Crippen molar-refractivity contribution in [2.75, 3.05) is 5.73 Å². The van der Waals surface area contributed by atoms with Gasteiger partial charge in [-0.3, -0.25) is 4.98 Å². The quantitative estimate of drug-likeness (QED) is 0.786. The minimum atomic E-state index is -0.186. The Morgan fingerprint density at radius 3 is 2.69 bits per heavy atom. The van der Waals surface area contributed by atoms with Gasteiger partial charge in [0, 0.05) is 24.3 Å². The molecule has 0 amide bonds. The summed E-state index contributed by atoms with van der Waals surface area (Å²) >= 11 is 0. The van der Waals surface area contributed by atoms with Gasteiger partial charge in [0.05, 0.1) is 11.7 Å². The van der Waals surface area contributed by atoms with Gasteiger partial charge in [-0.15, -0.1) is 0 Å². The molecule has 0 spiro atoms. The van der Waals surface area contributed by atoms with Gasteiger partial charge in [0.25, 0.3) is 0 Å². The molecule has 2 rings (SSSR count). The summed E-state index contributed by atoms with van der Waals surface area (Å²) in [6.07, 6.45) is 7.18. The molecule has 4 N–H and O–H groups in total. The first-order chi connectivity index (χ1) is 7.77.